The summed E-state index contributed by atoms with van der Waals surface area (Å²) in [5, 5.41) is 5.07. The van der Waals surface area contributed by atoms with Gasteiger partial charge in [-0.2, -0.15) is 0 Å². The molecule has 1 amide bonds. The van der Waals surface area contributed by atoms with Crippen molar-refractivity contribution >= 4 is 17.2 Å². The number of carbonyl (C=O) groups is 1. The predicted molar refractivity (Wildman–Crippen MR) is 85.2 cm³/mol. The van der Waals surface area contributed by atoms with Gasteiger partial charge in [0.05, 0.1) is 10.9 Å². The van der Waals surface area contributed by atoms with Crippen molar-refractivity contribution < 1.29 is 4.79 Å². The lowest BCUT2D eigenvalue weighted by Gasteiger charge is -2.23. The molecule has 0 aliphatic heterocycles. The van der Waals surface area contributed by atoms with Crippen LogP contribution in [0.3, 0.4) is 0 Å². The standard InChI is InChI=1S/C17H21NOS/c1-4-13-7-9-14(10-8-13)16(12(2)3)18-17(19)15-6-5-11-20-15/h5-12,16H,4H2,1-3H3,(H,18,19). The summed E-state index contributed by atoms with van der Waals surface area (Å²) in [6.45, 7) is 6.41. The minimum atomic E-state index is 0.0123. The molecule has 1 aromatic heterocycles. The second kappa shape index (κ2) is 6.71. The zero-order valence-corrected chi connectivity index (χ0v) is 13.0. The number of aryl methyl sites for hydroxylation is 1. The summed E-state index contributed by atoms with van der Waals surface area (Å²) in [6.07, 6.45) is 1.04. The molecule has 1 atom stereocenters. The number of nitrogens with one attached hydrogen (secondary N) is 1. The highest BCUT2D eigenvalue weighted by Crippen LogP contribution is 2.23. The Bertz CT molecular complexity index is 543. The largest absolute Gasteiger partial charge is 0.344 e. The van der Waals surface area contributed by atoms with E-state index >= 15 is 0 Å². The third kappa shape index (κ3) is 3.48. The number of amides is 1. The van der Waals surface area contributed by atoms with Crippen LogP contribution in [0.25, 0.3) is 0 Å². The lowest BCUT2D eigenvalue weighted by Crippen LogP contribution is -2.31. The summed E-state index contributed by atoms with van der Waals surface area (Å²) >= 11 is 1.47. The molecule has 2 nitrogen and oxygen atoms in total. The summed E-state index contributed by atoms with van der Waals surface area (Å²) in [7, 11) is 0. The normalized spacial score (nSPS) is 12.4. The predicted octanol–water partition coefficient (Wildman–Crippen LogP) is 4.44. The van der Waals surface area contributed by atoms with Crippen molar-refractivity contribution in [1.82, 2.24) is 5.32 Å². The minimum absolute atomic E-state index is 0.0123. The van der Waals surface area contributed by atoms with Gasteiger partial charge in [0.2, 0.25) is 0 Å². The lowest BCUT2D eigenvalue weighted by atomic mass is 9.95. The maximum absolute atomic E-state index is 12.2. The van der Waals surface area contributed by atoms with E-state index in [2.05, 4.69) is 50.4 Å². The summed E-state index contributed by atoms with van der Waals surface area (Å²) < 4.78 is 0. The first-order valence-corrected chi connectivity index (χ1v) is 7.93. The number of carbonyl (C=O) groups excluding carboxylic acids is 1. The van der Waals surface area contributed by atoms with Crippen molar-refractivity contribution in [2.24, 2.45) is 5.92 Å². The van der Waals surface area contributed by atoms with Crippen molar-refractivity contribution in [2.75, 3.05) is 0 Å². The molecule has 0 radical (unpaired) electrons. The Morgan fingerprint density at radius 1 is 1.20 bits per heavy atom. The van der Waals surface area contributed by atoms with Crippen molar-refractivity contribution in [3.63, 3.8) is 0 Å². The average Bonchev–Trinajstić information content (AvgIpc) is 2.98. The highest BCUT2D eigenvalue weighted by Gasteiger charge is 2.19. The fourth-order valence-corrected chi connectivity index (χ4v) is 2.84. The van der Waals surface area contributed by atoms with Crippen molar-refractivity contribution in [3.05, 3.63) is 57.8 Å². The van der Waals surface area contributed by atoms with Gasteiger partial charge in [-0.1, -0.05) is 51.1 Å². The maximum atomic E-state index is 12.2. The highest BCUT2D eigenvalue weighted by atomic mass is 32.1. The Labute approximate surface area is 124 Å². The summed E-state index contributed by atoms with van der Waals surface area (Å²) in [5.74, 6) is 0.365. The lowest BCUT2D eigenvalue weighted by molar-refractivity contribution is 0.0930. The molecule has 2 aromatic rings. The molecule has 20 heavy (non-hydrogen) atoms. The monoisotopic (exact) mass is 287 g/mol. The molecule has 0 saturated carbocycles. The van der Waals surface area contributed by atoms with Crippen LogP contribution in [0, 0.1) is 5.92 Å². The van der Waals surface area contributed by atoms with Gasteiger partial charge >= 0.3 is 0 Å². The first kappa shape index (κ1) is 14.8. The fraction of sp³-hybridized carbons (Fsp3) is 0.353. The second-order valence-electron chi connectivity index (χ2n) is 5.27. The minimum Gasteiger partial charge on any atom is -0.344 e. The molecule has 0 aliphatic rings. The molecule has 0 aliphatic carbocycles. The molecule has 1 N–H and O–H groups in total. The van der Waals surface area contributed by atoms with Crippen LogP contribution in [0.15, 0.2) is 41.8 Å². The van der Waals surface area contributed by atoms with Crippen LogP contribution >= 0.6 is 11.3 Å². The van der Waals surface area contributed by atoms with Gasteiger partial charge in [-0.25, -0.2) is 0 Å². The smallest absolute Gasteiger partial charge is 0.261 e. The van der Waals surface area contributed by atoms with E-state index in [9.17, 15) is 4.79 Å². The SMILES string of the molecule is CCc1ccc(C(NC(=O)c2cccs2)C(C)C)cc1. The third-order valence-electron chi connectivity index (χ3n) is 3.45. The van der Waals surface area contributed by atoms with E-state index in [4.69, 9.17) is 0 Å². The van der Waals surface area contributed by atoms with Crippen LogP contribution in [-0.2, 0) is 6.42 Å². The van der Waals surface area contributed by atoms with E-state index in [-0.39, 0.29) is 11.9 Å². The Kier molecular flexibility index (Phi) is 4.96. The van der Waals surface area contributed by atoms with Crippen LogP contribution in [0.1, 0.15) is 47.6 Å². The molecule has 1 unspecified atom stereocenters. The van der Waals surface area contributed by atoms with Crippen LogP contribution in [-0.4, -0.2) is 5.91 Å². The van der Waals surface area contributed by atoms with Crippen molar-refractivity contribution in [2.45, 2.75) is 33.2 Å². The number of hydrogen-bond donors (Lipinski definition) is 1. The van der Waals surface area contributed by atoms with E-state index in [1.165, 1.54) is 22.5 Å². The van der Waals surface area contributed by atoms with Gasteiger partial charge in [0.15, 0.2) is 0 Å². The average molecular weight is 287 g/mol. The molecule has 1 aromatic carbocycles. The van der Waals surface area contributed by atoms with Gasteiger partial charge in [0, 0.05) is 0 Å². The van der Waals surface area contributed by atoms with E-state index in [1.54, 1.807) is 0 Å². The molecule has 0 bridgehead atoms. The molecule has 3 heteroatoms. The van der Waals surface area contributed by atoms with Gasteiger partial charge < -0.3 is 5.32 Å². The second-order valence-corrected chi connectivity index (χ2v) is 6.22. The van der Waals surface area contributed by atoms with E-state index in [0.717, 1.165) is 11.3 Å². The summed E-state index contributed by atoms with van der Waals surface area (Å²) in [4.78, 5) is 13.0. The van der Waals surface area contributed by atoms with Gasteiger partial charge in [-0.05, 0) is 34.9 Å². The number of hydrogen-bond acceptors (Lipinski definition) is 2. The number of benzene rings is 1. The van der Waals surface area contributed by atoms with E-state index in [1.807, 2.05) is 17.5 Å². The Morgan fingerprint density at radius 3 is 2.40 bits per heavy atom. The van der Waals surface area contributed by atoms with Crippen molar-refractivity contribution in [1.29, 1.82) is 0 Å². The summed E-state index contributed by atoms with van der Waals surface area (Å²) in [5.41, 5.74) is 2.49. The van der Waals surface area contributed by atoms with Gasteiger partial charge in [0.25, 0.3) is 5.91 Å². The molecule has 0 fully saturated rings. The Balaban J connectivity index is 2.16. The van der Waals surface area contributed by atoms with Crippen LogP contribution in [0.4, 0.5) is 0 Å². The quantitative estimate of drug-likeness (QED) is 0.865. The topological polar surface area (TPSA) is 29.1 Å². The Hall–Kier alpha value is -1.61. The van der Waals surface area contributed by atoms with Crippen LogP contribution in [0.5, 0.6) is 0 Å². The van der Waals surface area contributed by atoms with Gasteiger partial charge in [-0.3, -0.25) is 4.79 Å². The number of thiophene rings is 1. The number of rotatable bonds is 5. The molecule has 0 spiro atoms. The third-order valence-corrected chi connectivity index (χ3v) is 4.31. The first-order chi connectivity index (χ1) is 9.61. The maximum Gasteiger partial charge on any atom is 0.261 e. The zero-order chi connectivity index (χ0) is 14.5. The molecule has 1 heterocycles. The van der Waals surface area contributed by atoms with Crippen LogP contribution in [0.2, 0.25) is 0 Å². The van der Waals surface area contributed by atoms with Gasteiger partial charge in [0.1, 0.15) is 0 Å². The van der Waals surface area contributed by atoms with Crippen LogP contribution < -0.4 is 5.32 Å². The molecular weight excluding hydrogens is 266 g/mol. The first-order valence-electron chi connectivity index (χ1n) is 7.05. The zero-order valence-electron chi connectivity index (χ0n) is 12.2. The van der Waals surface area contributed by atoms with E-state index in [0.29, 0.717) is 5.92 Å². The summed E-state index contributed by atoms with van der Waals surface area (Å²) in [6, 6.07) is 12.3. The highest BCUT2D eigenvalue weighted by molar-refractivity contribution is 7.12. The molecule has 0 saturated heterocycles. The molecular formula is C17H21NOS. The Morgan fingerprint density at radius 2 is 1.90 bits per heavy atom. The fourth-order valence-electron chi connectivity index (χ4n) is 2.22. The molecule has 2 rings (SSSR count). The van der Waals surface area contributed by atoms with E-state index < -0.39 is 0 Å². The van der Waals surface area contributed by atoms with Crippen molar-refractivity contribution in [3.8, 4) is 0 Å². The van der Waals surface area contributed by atoms with Gasteiger partial charge in [-0.15, -0.1) is 11.3 Å². The molecule has 106 valence electrons.